The maximum absolute atomic E-state index is 4.75. The predicted octanol–water partition coefficient (Wildman–Crippen LogP) is 6.05. The van der Waals surface area contributed by atoms with Crippen LogP contribution < -0.4 is 0 Å². The molecule has 130 valence electrons. The predicted molar refractivity (Wildman–Crippen MR) is 112 cm³/mol. The largest absolute Gasteiger partial charge is 0.285 e. The Labute approximate surface area is 162 Å². The molecule has 0 fully saturated rings. The molecule has 0 unspecified atom stereocenters. The van der Waals surface area contributed by atoms with Gasteiger partial charge in [-0.2, -0.15) is 0 Å². The smallest absolute Gasteiger partial charge is 0.152 e. The van der Waals surface area contributed by atoms with Crippen LogP contribution in [0, 0.1) is 0 Å². The number of nitrogens with zero attached hydrogens (tertiary/aromatic N) is 2. The Bertz CT molecular complexity index is 877. The van der Waals surface area contributed by atoms with E-state index >= 15 is 0 Å². The van der Waals surface area contributed by atoms with E-state index in [-0.39, 0.29) is 0 Å². The van der Waals surface area contributed by atoms with Gasteiger partial charge in [-0.3, -0.25) is 4.90 Å². The minimum absolute atomic E-state index is 0.920. The van der Waals surface area contributed by atoms with E-state index in [2.05, 4.69) is 83.8 Å². The summed E-state index contributed by atoms with van der Waals surface area (Å²) < 4.78 is 2.39. The fraction of sp³-hybridized carbons (Fsp3) is 0.136. The van der Waals surface area contributed by atoms with Crippen LogP contribution >= 0.6 is 23.1 Å². The van der Waals surface area contributed by atoms with Crippen molar-refractivity contribution in [1.29, 1.82) is 0 Å². The van der Waals surface area contributed by atoms with Crippen molar-refractivity contribution in [3.63, 3.8) is 0 Å². The molecule has 0 atom stereocenters. The van der Waals surface area contributed by atoms with Crippen LogP contribution in [-0.4, -0.2) is 15.8 Å². The highest BCUT2D eigenvalue weighted by Crippen LogP contribution is 2.30. The van der Waals surface area contributed by atoms with E-state index in [0.717, 1.165) is 28.8 Å². The fourth-order valence-electron chi connectivity index (χ4n) is 2.89. The van der Waals surface area contributed by atoms with E-state index in [9.17, 15) is 0 Å². The molecule has 0 amide bonds. The van der Waals surface area contributed by atoms with E-state index in [1.165, 1.54) is 15.8 Å². The van der Waals surface area contributed by atoms with Crippen molar-refractivity contribution in [1.82, 2.24) is 9.88 Å². The van der Waals surface area contributed by atoms with Crippen LogP contribution in [0.25, 0.3) is 10.2 Å². The van der Waals surface area contributed by atoms with Gasteiger partial charge >= 0.3 is 0 Å². The van der Waals surface area contributed by atoms with Crippen LogP contribution in [0.4, 0.5) is 0 Å². The van der Waals surface area contributed by atoms with Gasteiger partial charge in [0.15, 0.2) is 4.34 Å². The third-order valence-corrected chi connectivity index (χ3v) is 6.41. The van der Waals surface area contributed by atoms with Crippen LogP contribution in [-0.2, 0) is 13.1 Å². The zero-order valence-electron chi connectivity index (χ0n) is 14.4. The lowest BCUT2D eigenvalue weighted by Crippen LogP contribution is -2.22. The molecular formula is C22H20N2S2. The van der Waals surface area contributed by atoms with Gasteiger partial charge in [0.1, 0.15) is 0 Å². The summed E-state index contributed by atoms with van der Waals surface area (Å²) in [5, 5.41) is 0. The Morgan fingerprint density at radius 1 is 0.731 bits per heavy atom. The zero-order chi connectivity index (χ0) is 17.6. The molecule has 0 aliphatic carbocycles. The van der Waals surface area contributed by atoms with Crippen LogP contribution in [0.5, 0.6) is 0 Å². The van der Waals surface area contributed by atoms with Crippen molar-refractivity contribution >= 4 is 33.3 Å². The first-order valence-corrected chi connectivity index (χ1v) is 10.5. The third-order valence-electron chi connectivity index (χ3n) is 4.14. The summed E-state index contributed by atoms with van der Waals surface area (Å²) >= 11 is 3.60. The minimum atomic E-state index is 0.920. The Balaban J connectivity index is 1.48. The number of thioether (sulfide) groups is 1. The van der Waals surface area contributed by atoms with E-state index in [1.54, 1.807) is 11.3 Å². The molecule has 0 bridgehead atoms. The topological polar surface area (TPSA) is 16.1 Å². The van der Waals surface area contributed by atoms with Crippen molar-refractivity contribution in [3.8, 4) is 0 Å². The number of para-hydroxylation sites is 1. The number of hydrogen-bond acceptors (Lipinski definition) is 4. The van der Waals surface area contributed by atoms with Crippen LogP contribution in [0.15, 0.2) is 89.3 Å². The summed E-state index contributed by atoms with van der Waals surface area (Å²) in [5.41, 5.74) is 3.78. The zero-order valence-corrected chi connectivity index (χ0v) is 16.0. The third kappa shape index (κ3) is 4.52. The molecule has 1 aromatic heterocycles. The second kappa shape index (κ2) is 8.49. The van der Waals surface area contributed by atoms with Crippen LogP contribution in [0.3, 0.4) is 0 Å². The number of benzene rings is 3. The van der Waals surface area contributed by atoms with Gasteiger partial charge in [-0.1, -0.05) is 84.6 Å². The SMILES string of the molecule is c1ccc(CN(CSc2nc3ccccc3s2)Cc2ccccc2)cc1. The van der Waals surface area contributed by atoms with Gasteiger partial charge in [0, 0.05) is 13.1 Å². The molecule has 0 saturated heterocycles. The maximum Gasteiger partial charge on any atom is 0.152 e. The fourth-order valence-corrected chi connectivity index (χ4v) is 4.89. The number of thiazole rings is 1. The Morgan fingerprint density at radius 3 is 1.92 bits per heavy atom. The molecule has 4 rings (SSSR count). The van der Waals surface area contributed by atoms with Crippen molar-refractivity contribution in [2.45, 2.75) is 17.4 Å². The lowest BCUT2D eigenvalue weighted by Gasteiger charge is -2.21. The normalized spacial score (nSPS) is 11.3. The Morgan fingerprint density at radius 2 is 1.31 bits per heavy atom. The molecule has 26 heavy (non-hydrogen) atoms. The molecule has 0 aliphatic rings. The molecule has 4 aromatic rings. The maximum atomic E-state index is 4.75. The van der Waals surface area contributed by atoms with Crippen LogP contribution in [0.1, 0.15) is 11.1 Å². The van der Waals surface area contributed by atoms with Gasteiger partial charge < -0.3 is 0 Å². The van der Waals surface area contributed by atoms with E-state index in [0.29, 0.717) is 0 Å². The van der Waals surface area contributed by atoms with Crippen molar-refractivity contribution in [3.05, 3.63) is 96.1 Å². The molecule has 4 heteroatoms. The number of hydrogen-bond donors (Lipinski definition) is 0. The lowest BCUT2D eigenvalue weighted by atomic mass is 10.2. The van der Waals surface area contributed by atoms with Crippen molar-refractivity contribution < 1.29 is 0 Å². The highest BCUT2D eigenvalue weighted by molar-refractivity contribution is 8.01. The highest BCUT2D eigenvalue weighted by Gasteiger charge is 2.10. The standard InChI is InChI=1S/C22H20N2S2/c1-3-9-18(10-4-1)15-24(16-19-11-5-2-6-12-19)17-25-22-23-20-13-7-8-14-21(20)26-22/h1-14H,15-17H2. The molecule has 1 heterocycles. The second-order valence-electron chi connectivity index (χ2n) is 6.18. The monoisotopic (exact) mass is 376 g/mol. The van der Waals surface area contributed by atoms with Gasteiger partial charge in [-0.25, -0.2) is 4.98 Å². The van der Waals surface area contributed by atoms with Gasteiger partial charge in [0.2, 0.25) is 0 Å². The molecule has 0 saturated carbocycles. The van der Waals surface area contributed by atoms with Gasteiger partial charge in [0.05, 0.1) is 16.1 Å². The van der Waals surface area contributed by atoms with Gasteiger partial charge in [-0.15, -0.1) is 11.3 Å². The molecule has 0 spiro atoms. The number of aromatic nitrogens is 1. The first kappa shape index (κ1) is 17.3. The van der Waals surface area contributed by atoms with E-state index < -0.39 is 0 Å². The quantitative estimate of drug-likeness (QED) is 0.289. The highest BCUT2D eigenvalue weighted by atomic mass is 32.2. The summed E-state index contributed by atoms with van der Waals surface area (Å²) in [6.45, 7) is 1.88. The number of fused-ring (bicyclic) bond motifs is 1. The van der Waals surface area contributed by atoms with Crippen LogP contribution in [0.2, 0.25) is 0 Å². The average Bonchev–Trinajstić information content (AvgIpc) is 3.11. The van der Waals surface area contributed by atoms with Gasteiger partial charge in [0.25, 0.3) is 0 Å². The summed E-state index contributed by atoms with van der Waals surface area (Å²) in [5.74, 6) is 0.920. The molecule has 3 aromatic carbocycles. The first-order chi connectivity index (χ1) is 12.9. The number of rotatable bonds is 7. The Kier molecular flexibility index (Phi) is 5.65. The minimum Gasteiger partial charge on any atom is -0.285 e. The summed E-state index contributed by atoms with van der Waals surface area (Å²) in [6, 6.07) is 29.7. The van der Waals surface area contributed by atoms with Crippen molar-refractivity contribution in [2.75, 3.05) is 5.88 Å². The summed E-state index contributed by atoms with van der Waals surface area (Å²) in [6.07, 6.45) is 0. The van der Waals surface area contributed by atoms with E-state index in [4.69, 9.17) is 4.98 Å². The molecule has 0 radical (unpaired) electrons. The lowest BCUT2D eigenvalue weighted by molar-refractivity contribution is 0.305. The molecule has 0 aliphatic heterocycles. The molecular weight excluding hydrogens is 356 g/mol. The Hall–Kier alpha value is -2.14. The molecule has 2 nitrogen and oxygen atoms in total. The summed E-state index contributed by atoms with van der Waals surface area (Å²) in [4.78, 5) is 7.23. The summed E-state index contributed by atoms with van der Waals surface area (Å²) in [7, 11) is 0. The molecule has 0 N–H and O–H groups in total. The van der Waals surface area contributed by atoms with E-state index in [1.807, 2.05) is 17.8 Å². The van der Waals surface area contributed by atoms with Gasteiger partial charge in [-0.05, 0) is 23.3 Å². The first-order valence-electron chi connectivity index (χ1n) is 8.65. The average molecular weight is 377 g/mol. The second-order valence-corrected chi connectivity index (χ2v) is 8.40. The van der Waals surface area contributed by atoms with Crippen molar-refractivity contribution in [2.24, 2.45) is 0 Å².